The molecule has 1 saturated heterocycles. The Morgan fingerprint density at radius 1 is 1.06 bits per heavy atom. The van der Waals surface area contributed by atoms with Crippen LogP contribution in [0.3, 0.4) is 0 Å². The number of carbonyl (C=O) groups excluding carboxylic acids is 2. The van der Waals surface area contributed by atoms with Gasteiger partial charge in [0.25, 0.3) is 5.91 Å². The highest BCUT2D eigenvalue weighted by Crippen LogP contribution is 2.18. The van der Waals surface area contributed by atoms with E-state index in [1.54, 1.807) is 24.3 Å². The molecule has 1 aliphatic rings. The van der Waals surface area contributed by atoms with Gasteiger partial charge in [-0.05, 0) is 48.7 Å². The van der Waals surface area contributed by atoms with Crippen molar-refractivity contribution in [1.82, 2.24) is 15.6 Å². The molecular weight excluding hydrogens is 416 g/mol. The molecule has 1 aromatic heterocycles. The number of nitrogens with one attached hydrogen (secondary N) is 4. The third kappa shape index (κ3) is 5.24. The predicted octanol–water partition coefficient (Wildman–Crippen LogP) is 2.45. The lowest BCUT2D eigenvalue weighted by Crippen LogP contribution is -2.38. The minimum absolute atomic E-state index is 0.0297. The molecule has 2 aromatic carbocycles. The van der Waals surface area contributed by atoms with Crippen molar-refractivity contribution >= 4 is 38.4 Å². The second-order valence-corrected chi connectivity index (χ2v) is 9.87. The first-order valence-electron chi connectivity index (χ1n) is 10.1. The number of hydrogen-bond donors (Lipinski definition) is 4. The van der Waals surface area contributed by atoms with Crippen molar-refractivity contribution in [3.8, 4) is 0 Å². The number of para-hydroxylation sites is 1. The molecule has 0 bridgehead atoms. The van der Waals surface area contributed by atoms with Crippen LogP contribution in [0.2, 0.25) is 0 Å². The molecule has 0 spiro atoms. The highest BCUT2D eigenvalue weighted by Gasteiger charge is 2.28. The van der Waals surface area contributed by atoms with Crippen LogP contribution >= 0.6 is 0 Å². The number of fused-ring (bicyclic) bond motifs is 1. The van der Waals surface area contributed by atoms with Crippen LogP contribution in [0.15, 0.2) is 54.7 Å². The van der Waals surface area contributed by atoms with E-state index in [4.69, 9.17) is 0 Å². The zero-order valence-electron chi connectivity index (χ0n) is 16.9. The maximum atomic E-state index is 12.4. The lowest BCUT2D eigenvalue weighted by atomic mass is 10.1. The average Bonchev–Trinajstić information content (AvgIpc) is 3.31. The Balaban J connectivity index is 1.25. The zero-order chi connectivity index (χ0) is 21.8. The number of hydrogen-bond acceptors (Lipinski definition) is 4. The Kier molecular flexibility index (Phi) is 5.94. The van der Waals surface area contributed by atoms with Crippen molar-refractivity contribution in [3.05, 3.63) is 65.9 Å². The molecule has 0 aliphatic carbocycles. The number of H-pyrrole nitrogens is 1. The molecule has 0 saturated carbocycles. The summed E-state index contributed by atoms with van der Waals surface area (Å²) in [5.41, 5.74) is 3.24. The van der Waals surface area contributed by atoms with Gasteiger partial charge in [0.15, 0.2) is 9.84 Å². The SMILES string of the molecule is O=C(Nc1ccc(C(=O)NCCc2c[nH]c3ccccc23)cc1)NC1CCS(=O)(=O)C1. The van der Waals surface area contributed by atoms with Crippen molar-refractivity contribution < 1.29 is 18.0 Å². The van der Waals surface area contributed by atoms with Gasteiger partial charge in [0, 0.05) is 40.9 Å². The molecule has 3 aromatic rings. The molecule has 0 radical (unpaired) electrons. The Hall–Kier alpha value is -3.33. The largest absolute Gasteiger partial charge is 0.361 e. The van der Waals surface area contributed by atoms with E-state index in [0.717, 1.165) is 16.5 Å². The Bertz CT molecular complexity index is 1200. The van der Waals surface area contributed by atoms with Crippen molar-refractivity contribution in [1.29, 1.82) is 0 Å². The smallest absolute Gasteiger partial charge is 0.319 e. The lowest BCUT2D eigenvalue weighted by molar-refractivity contribution is 0.0954. The highest BCUT2D eigenvalue weighted by molar-refractivity contribution is 7.91. The predicted molar refractivity (Wildman–Crippen MR) is 120 cm³/mol. The summed E-state index contributed by atoms with van der Waals surface area (Å²) in [5, 5.41) is 9.39. The van der Waals surface area contributed by atoms with Crippen LogP contribution in [0.25, 0.3) is 10.9 Å². The molecule has 2 heterocycles. The average molecular weight is 441 g/mol. The van der Waals surface area contributed by atoms with Gasteiger partial charge < -0.3 is 20.9 Å². The topological polar surface area (TPSA) is 120 Å². The van der Waals surface area contributed by atoms with E-state index in [0.29, 0.717) is 30.6 Å². The summed E-state index contributed by atoms with van der Waals surface area (Å²) in [5.74, 6) is -0.118. The van der Waals surface area contributed by atoms with Crippen LogP contribution < -0.4 is 16.0 Å². The van der Waals surface area contributed by atoms with E-state index in [1.807, 2.05) is 24.4 Å². The summed E-state index contributed by atoms with van der Waals surface area (Å²) in [6, 6.07) is 13.8. The maximum absolute atomic E-state index is 12.4. The number of benzene rings is 2. The minimum atomic E-state index is -3.05. The number of urea groups is 1. The fourth-order valence-corrected chi connectivity index (χ4v) is 5.39. The highest BCUT2D eigenvalue weighted by atomic mass is 32.2. The van der Waals surface area contributed by atoms with Crippen molar-refractivity contribution in [2.45, 2.75) is 18.9 Å². The number of anilines is 1. The van der Waals surface area contributed by atoms with Gasteiger partial charge in [0.1, 0.15) is 0 Å². The molecular formula is C22H24N4O4S. The van der Waals surface area contributed by atoms with Crippen LogP contribution in [-0.4, -0.2) is 49.4 Å². The summed E-state index contributed by atoms with van der Waals surface area (Å²) in [4.78, 5) is 27.7. The van der Waals surface area contributed by atoms with E-state index >= 15 is 0 Å². The molecule has 1 aliphatic heterocycles. The van der Waals surface area contributed by atoms with E-state index in [1.165, 1.54) is 0 Å². The molecule has 31 heavy (non-hydrogen) atoms. The van der Waals surface area contributed by atoms with Gasteiger partial charge in [0.05, 0.1) is 11.5 Å². The van der Waals surface area contributed by atoms with E-state index < -0.39 is 15.9 Å². The Morgan fingerprint density at radius 3 is 2.58 bits per heavy atom. The van der Waals surface area contributed by atoms with Crippen molar-refractivity contribution in [3.63, 3.8) is 0 Å². The summed E-state index contributed by atoms with van der Waals surface area (Å²) in [6.07, 6.45) is 3.10. The van der Waals surface area contributed by atoms with Gasteiger partial charge in [-0.15, -0.1) is 0 Å². The first-order chi connectivity index (χ1) is 14.9. The van der Waals surface area contributed by atoms with Gasteiger partial charge >= 0.3 is 6.03 Å². The third-order valence-electron chi connectivity index (χ3n) is 5.33. The monoisotopic (exact) mass is 440 g/mol. The minimum Gasteiger partial charge on any atom is -0.361 e. The molecule has 3 amide bonds. The number of aromatic nitrogens is 1. The number of amides is 3. The first kappa shape index (κ1) is 20.9. The third-order valence-corrected chi connectivity index (χ3v) is 7.10. The first-order valence-corrected chi connectivity index (χ1v) is 11.9. The molecule has 1 atom stereocenters. The summed E-state index contributed by atoms with van der Waals surface area (Å²) < 4.78 is 22.9. The number of rotatable bonds is 6. The fraction of sp³-hybridized carbons (Fsp3) is 0.273. The Labute approximate surface area is 180 Å². The van der Waals surface area contributed by atoms with Crippen LogP contribution in [0.4, 0.5) is 10.5 Å². The van der Waals surface area contributed by atoms with Crippen LogP contribution in [0.1, 0.15) is 22.3 Å². The second-order valence-electron chi connectivity index (χ2n) is 7.64. The molecule has 4 N–H and O–H groups in total. The van der Waals surface area contributed by atoms with Crippen molar-refractivity contribution in [2.75, 3.05) is 23.4 Å². The molecule has 162 valence electrons. The van der Waals surface area contributed by atoms with Gasteiger partial charge in [-0.2, -0.15) is 0 Å². The number of aromatic amines is 1. The molecule has 4 rings (SSSR count). The van der Waals surface area contributed by atoms with Gasteiger partial charge in [0.2, 0.25) is 0 Å². The summed E-state index contributed by atoms with van der Waals surface area (Å²) in [7, 11) is -3.05. The van der Waals surface area contributed by atoms with Gasteiger partial charge in [-0.3, -0.25) is 4.79 Å². The van der Waals surface area contributed by atoms with Crippen LogP contribution in [0.5, 0.6) is 0 Å². The van der Waals surface area contributed by atoms with Crippen LogP contribution in [-0.2, 0) is 16.3 Å². The molecule has 9 heteroatoms. The summed E-state index contributed by atoms with van der Waals surface area (Å²) >= 11 is 0. The standard InChI is InChI=1S/C22H24N4O4S/c27-21(23-11-9-16-13-24-20-4-2-1-3-19(16)20)15-5-7-17(8-6-15)25-22(28)26-18-10-12-31(29,30)14-18/h1-8,13,18,24H,9-12,14H2,(H,23,27)(H2,25,26,28). The fourth-order valence-electron chi connectivity index (χ4n) is 3.72. The van der Waals surface area contributed by atoms with E-state index in [9.17, 15) is 18.0 Å². The van der Waals surface area contributed by atoms with Gasteiger partial charge in [-0.25, -0.2) is 13.2 Å². The Morgan fingerprint density at radius 2 is 1.84 bits per heavy atom. The second kappa shape index (κ2) is 8.81. The lowest BCUT2D eigenvalue weighted by Gasteiger charge is -2.12. The van der Waals surface area contributed by atoms with Crippen molar-refractivity contribution in [2.24, 2.45) is 0 Å². The molecule has 1 fully saturated rings. The van der Waals surface area contributed by atoms with Gasteiger partial charge in [-0.1, -0.05) is 18.2 Å². The normalized spacial score (nSPS) is 17.4. The maximum Gasteiger partial charge on any atom is 0.319 e. The van der Waals surface area contributed by atoms with E-state index in [-0.39, 0.29) is 23.5 Å². The molecule has 1 unspecified atom stereocenters. The van der Waals surface area contributed by atoms with Crippen LogP contribution in [0, 0.1) is 0 Å². The quantitative estimate of drug-likeness (QED) is 0.471. The molecule has 8 nitrogen and oxygen atoms in total. The summed E-state index contributed by atoms with van der Waals surface area (Å²) in [6.45, 7) is 0.507. The number of carbonyl (C=O) groups is 2. The van der Waals surface area contributed by atoms with E-state index in [2.05, 4.69) is 27.0 Å². The number of sulfone groups is 1. The zero-order valence-corrected chi connectivity index (χ0v) is 17.7.